The number of amides is 2. The number of nitrogens with zero attached hydrogens (tertiary/aromatic N) is 3. The smallest absolute Gasteiger partial charge is 0.400 e. The molecule has 0 aliphatic carbocycles. The molecular weight excluding hydrogens is 665 g/mol. The number of hydrogen-bond acceptors (Lipinski definition) is 6. The number of pyridine rings is 1. The van der Waals surface area contributed by atoms with Crippen molar-refractivity contribution in [2.24, 2.45) is 5.73 Å². The van der Waals surface area contributed by atoms with E-state index >= 15 is 0 Å². The number of aliphatic hydroxyl groups excluding tert-OH is 1. The number of aldehydes is 1. The van der Waals surface area contributed by atoms with E-state index in [1.54, 1.807) is 0 Å². The van der Waals surface area contributed by atoms with Gasteiger partial charge in [-0.15, -0.1) is 0 Å². The van der Waals surface area contributed by atoms with Crippen LogP contribution in [0.1, 0.15) is 50.6 Å². The Hall–Kier alpha value is -5.26. The van der Waals surface area contributed by atoms with Gasteiger partial charge in [-0.25, -0.2) is 13.2 Å². The summed E-state index contributed by atoms with van der Waals surface area (Å²) in [5.74, 6) is -4.59. The van der Waals surface area contributed by atoms with Crippen molar-refractivity contribution in [3.05, 3.63) is 106 Å². The summed E-state index contributed by atoms with van der Waals surface area (Å²) in [7, 11) is 1.00. The Balaban J connectivity index is 0.00000105. The van der Waals surface area contributed by atoms with Crippen LogP contribution in [0.3, 0.4) is 0 Å². The highest BCUT2D eigenvalue weighted by atomic mass is 19.4. The Morgan fingerprint density at radius 1 is 1.00 bits per heavy atom. The van der Waals surface area contributed by atoms with Gasteiger partial charge in [-0.3, -0.25) is 24.0 Å². The van der Waals surface area contributed by atoms with Gasteiger partial charge in [0.15, 0.2) is 12.0 Å². The van der Waals surface area contributed by atoms with Gasteiger partial charge in [0.25, 0.3) is 5.91 Å². The minimum absolute atomic E-state index is 0.0469. The average molecular weight is 692 g/mol. The molecule has 0 saturated carbocycles. The second kappa shape index (κ2) is 16.5. The summed E-state index contributed by atoms with van der Waals surface area (Å²) < 4.78 is 113. The molecule has 0 spiro atoms. The van der Waals surface area contributed by atoms with Gasteiger partial charge in [0.1, 0.15) is 24.0 Å². The number of alkyl halides is 6. The van der Waals surface area contributed by atoms with Crippen LogP contribution in [-0.2, 0) is 23.9 Å². The van der Waals surface area contributed by atoms with Crippen LogP contribution in [0.2, 0.25) is 0 Å². The van der Waals surface area contributed by atoms with Crippen LogP contribution in [0.15, 0.2) is 60.9 Å². The molecule has 0 aliphatic rings. The lowest BCUT2D eigenvalue weighted by Crippen LogP contribution is -2.34. The Kier molecular flexibility index (Phi) is 13.4. The summed E-state index contributed by atoms with van der Waals surface area (Å²) in [4.78, 5) is 40.0. The first-order valence-electron chi connectivity index (χ1n) is 13.3. The van der Waals surface area contributed by atoms with Crippen molar-refractivity contribution in [1.29, 1.82) is 0 Å². The molecule has 1 atom stereocenters. The highest BCUT2D eigenvalue weighted by Crippen LogP contribution is 2.31. The standard InChI is InChI=1S/C27H19F6N5O3.C2H3F3.CH4O/c28-17-6-14(7-18(29)10-17)8-22(36-23(40)12-38-11-16(13-39)25(37-38)27(31,32)33)24-19(2-1-5-35-24)15-3-4-21(30)20(9-15)26(34)41;1-2(3,4)5;1-2/h1-7,9-11,13,22H,8,12H2,(H2,34,41)(H,36,40);1H3;2H,1H3. The molecule has 4 N–H and O–H groups in total. The molecule has 18 heteroatoms. The van der Waals surface area contributed by atoms with Crippen LogP contribution < -0.4 is 11.1 Å². The van der Waals surface area contributed by atoms with Crippen LogP contribution in [0.4, 0.5) is 39.5 Å². The molecule has 2 aromatic carbocycles. The Morgan fingerprint density at radius 3 is 2.12 bits per heavy atom. The minimum Gasteiger partial charge on any atom is -0.400 e. The lowest BCUT2D eigenvalue weighted by atomic mass is 9.94. The first-order chi connectivity index (χ1) is 22.3. The number of nitrogens with one attached hydrogen (secondary N) is 1. The monoisotopic (exact) mass is 691 g/mol. The van der Waals surface area contributed by atoms with Crippen molar-refractivity contribution < 1.29 is 59.0 Å². The normalized spacial score (nSPS) is 11.8. The van der Waals surface area contributed by atoms with Crippen LogP contribution >= 0.6 is 0 Å². The lowest BCUT2D eigenvalue weighted by Gasteiger charge is -2.22. The summed E-state index contributed by atoms with van der Waals surface area (Å²) in [6.45, 7) is -0.567. The molecule has 4 rings (SSSR count). The molecular formula is C30H26F9N5O4. The molecule has 0 aliphatic heterocycles. The average Bonchev–Trinajstić information content (AvgIpc) is 3.40. The fourth-order valence-electron chi connectivity index (χ4n) is 4.21. The third-order valence-electron chi connectivity index (χ3n) is 5.90. The van der Waals surface area contributed by atoms with Crippen LogP contribution in [0.5, 0.6) is 0 Å². The molecule has 258 valence electrons. The number of rotatable bonds is 9. The fourth-order valence-corrected chi connectivity index (χ4v) is 4.21. The van der Waals surface area contributed by atoms with E-state index in [0.717, 1.165) is 31.5 Å². The third-order valence-corrected chi connectivity index (χ3v) is 5.90. The molecule has 48 heavy (non-hydrogen) atoms. The molecule has 2 heterocycles. The second-order valence-corrected chi connectivity index (χ2v) is 9.62. The molecule has 9 nitrogen and oxygen atoms in total. The molecule has 4 aromatic rings. The maximum atomic E-state index is 14.1. The van der Waals surface area contributed by atoms with E-state index in [0.29, 0.717) is 16.3 Å². The summed E-state index contributed by atoms with van der Waals surface area (Å²) >= 11 is 0. The fraction of sp³-hybridized carbons (Fsp3) is 0.233. The van der Waals surface area contributed by atoms with Crippen molar-refractivity contribution in [1.82, 2.24) is 20.1 Å². The van der Waals surface area contributed by atoms with E-state index in [4.69, 9.17) is 10.8 Å². The first kappa shape index (κ1) is 38.9. The predicted molar refractivity (Wildman–Crippen MR) is 152 cm³/mol. The van der Waals surface area contributed by atoms with Gasteiger partial charge in [-0.1, -0.05) is 12.1 Å². The largest absolute Gasteiger partial charge is 0.435 e. The van der Waals surface area contributed by atoms with Gasteiger partial charge in [0, 0.05) is 38.1 Å². The van der Waals surface area contributed by atoms with E-state index in [9.17, 15) is 53.9 Å². The number of nitrogens with two attached hydrogens (primary N) is 1. The van der Waals surface area contributed by atoms with E-state index in [-0.39, 0.29) is 36.5 Å². The maximum absolute atomic E-state index is 14.1. The number of primary amides is 1. The molecule has 0 saturated heterocycles. The third kappa shape index (κ3) is 11.5. The van der Waals surface area contributed by atoms with Gasteiger partial charge >= 0.3 is 12.4 Å². The van der Waals surface area contributed by atoms with E-state index < -0.39 is 71.0 Å². The molecule has 2 aromatic heterocycles. The predicted octanol–water partition coefficient (Wildman–Crippen LogP) is 5.57. The Morgan fingerprint density at radius 2 is 1.60 bits per heavy atom. The van der Waals surface area contributed by atoms with Gasteiger partial charge in [0.2, 0.25) is 5.91 Å². The first-order valence-corrected chi connectivity index (χ1v) is 13.3. The number of aliphatic hydroxyl groups is 1. The zero-order chi connectivity index (χ0) is 36.4. The zero-order valence-electron chi connectivity index (χ0n) is 24.8. The topological polar surface area (TPSA) is 140 Å². The van der Waals surface area contributed by atoms with Gasteiger partial charge in [-0.05, 0) is 47.9 Å². The number of carbonyl (C=O) groups is 3. The van der Waals surface area contributed by atoms with Crippen molar-refractivity contribution >= 4 is 18.1 Å². The van der Waals surface area contributed by atoms with E-state index in [1.165, 1.54) is 30.5 Å². The second-order valence-electron chi connectivity index (χ2n) is 9.62. The highest BCUT2D eigenvalue weighted by Gasteiger charge is 2.37. The maximum Gasteiger partial charge on any atom is 0.435 e. The Labute approximate surface area is 266 Å². The van der Waals surface area contributed by atoms with Crippen LogP contribution in [0, 0.1) is 17.5 Å². The summed E-state index contributed by atoms with van der Waals surface area (Å²) in [6, 6.07) is 8.09. The summed E-state index contributed by atoms with van der Waals surface area (Å²) in [5.41, 5.74) is 3.37. The number of hydrogen-bond donors (Lipinski definition) is 3. The SMILES string of the molecule is CC(F)(F)F.CO.NC(=O)c1cc(-c2cccnc2C(Cc2cc(F)cc(F)c2)NC(=O)Cn2cc(C=O)c(C(F)(F)F)n2)ccc1F. The van der Waals surface area contributed by atoms with Crippen molar-refractivity contribution in [3.8, 4) is 11.1 Å². The highest BCUT2D eigenvalue weighted by molar-refractivity contribution is 5.94. The van der Waals surface area contributed by atoms with Gasteiger partial charge in [0.05, 0.1) is 22.9 Å². The number of benzene rings is 2. The Bertz CT molecular complexity index is 1710. The summed E-state index contributed by atoms with van der Waals surface area (Å²) in [6.07, 6.45) is -7.12. The van der Waals surface area contributed by atoms with Crippen LogP contribution in [-0.4, -0.2) is 51.3 Å². The zero-order valence-corrected chi connectivity index (χ0v) is 24.8. The quantitative estimate of drug-likeness (QED) is 0.155. The molecule has 1 unspecified atom stereocenters. The summed E-state index contributed by atoms with van der Waals surface area (Å²) in [5, 5.41) is 12.9. The van der Waals surface area contributed by atoms with E-state index in [2.05, 4.69) is 15.4 Å². The molecule has 0 radical (unpaired) electrons. The van der Waals surface area contributed by atoms with Crippen molar-refractivity contribution in [2.45, 2.75) is 38.3 Å². The molecule has 0 fully saturated rings. The van der Waals surface area contributed by atoms with Gasteiger partial charge in [-0.2, -0.15) is 31.4 Å². The number of halogens is 9. The van der Waals surface area contributed by atoms with E-state index in [1.807, 2.05) is 0 Å². The molecule has 2 amide bonds. The van der Waals surface area contributed by atoms with Crippen molar-refractivity contribution in [3.63, 3.8) is 0 Å². The number of carbonyl (C=O) groups excluding carboxylic acids is 3. The minimum atomic E-state index is -4.94. The van der Waals surface area contributed by atoms with Crippen LogP contribution in [0.25, 0.3) is 11.1 Å². The number of aromatic nitrogens is 3. The molecule has 0 bridgehead atoms. The van der Waals surface area contributed by atoms with Crippen molar-refractivity contribution in [2.75, 3.05) is 7.11 Å². The lowest BCUT2D eigenvalue weighted by molar-refractivity contribution is -0.142. The van der Waals surface area contributed by atoms with Gasteiger partial charge < -0.3 is 16.2 Å².